The zero-order valence-corrected chi connectivity index (χ0v) is 12.9. The minimum absolute atomic E-state index is 0.564. The second kappa shape index (κ2) is 10.7. The number of hydrogen-bond acceptors (Lipinski definition) is 5. The predicted octanol–water partition coefficient (Wildman–Crippen LogP) is -0.652. The maximum atomic E-state index is 5.53. The molecule has 0 aromatic heterocycles. The summed E-state index contributed by atoms with van der Waals surface area (Å²) in [5, 5.41) is 3.64. The highest BCUT2D eigenvalue weighted by atomic mass is 15.1. The van der Waals surface area contributed by atoms with Gasteiger partial charge in [0.2, 0.25) is 0 Å². The maximum absolute atomic E-state index is 5.53. The van der Waals surface area contributed by atoms with E-state index in [1.807, 2.05) is 0 Å². The van der Waals surface area contributed by atoms with Gasteiger partial charge in [0.25, 0.3) is 0 Å². The SMILES string of the molecule is CN(C)CCC(CN(C)C)NCCN(C)CCN. The van der Waals surface area contributed by atoms with Gasteiger partial charge >= 0.3 is 0 Å². The fraction of sp³-hybridized carbons (Fsp3) is 1.00. The lowest BCUT2D eigenvalue weighted by Gasteiger charge is -2.25. The van der Waals surface area contributed by atoms with Crippen molar-refractivity contribution in [1.29, 1.82) is 0 Å². The van der Waals surface area contributed by atoms with Gasteiger partial charge < -0.3 is 25.8 Å². The van der Waals surface area contributed by atoms with E-state index in [0.717, 1.165) is 39.3 Å². The van der Waals surface area contributed by atoms with E-state index in [2.05, 4.69) is 55.3 Å². The zero-order valence-electron chi connectivity index (χ0n) is 12.9. The Hall–Kier alpha value is -0.200. The Morgan fingerprint density at radius 2 is 1.61 bits per heavy atom. The first-order chi connectivity index (χ1) is 8.45. The molecular formula is C13H33N5. The molecule has 0 spiro atoms. The topological polar surface area (TPSA) is 47.8 Å². The minimum Gasteiger partial charge on any atom is -0.329 e. The fourth-order valence-corrected chi connectivity index (χ4v) is 1.90. The molecule has 0 heterocycles. The highest BCUT2D eigenvalue weighted by molar-refractivity contribution is 4.71. The summed E-state index contributed by atoms with van der Waals surface area (Å²) >= 11 is 0. The lowest BCUT2D eigenvalue weighted by Crippen LogP contribution is -2.43. The number of likely N-dealkylation sites (N-methyl/N-ethyl adjacent to an activating group) is 2. The number of nitrogens with two attached hydrogens (primary N) is 1. The van der Waals surface area contributed by atoms with E-state index in [1.165, 1.54) is 6.42 Å². The standard InChI is InChI=1S/C13H33N5/c1-16(2)9-6-13(12-17(3)4)15-8-11-18(5)10-7-14/h13,15H,6-12,14H2,1-5H3. The Morgan fingerprint density at radius 1 is 0.944 bits per heavy atom. The monoisotopic (exact) mass is 259 g/mol. The molecule has 0 aliphatic heterocycles. The number of nitrogens with zero attached hydrogens (tertiary/aromatic N) is 3. The van der Waals surface area contributed by atoms with Gasteiger partial charge in [-0.25, -0.2) is 0 Å². The Kier molecular flexibility index (Phi) is 10.6. The Morgan fingerprint density at radius 3 is 2.11 bits per heavy atom. The summed E-state index contributed by atoms with van der Waals surface area (Å²) in [4.78, 5) is 6.76. The Labute approximate surface area is 113 Å². The van der Waals surface area contributed by atoms with Crippen LogP contribution in [-0.4, -0.2) is 95.2 Å². The average Bonchev–Trinajstić information content (AvgIpc) is 2.25. The van der Waals surface area contributed by atoms with Crippen LogP contribution in [0.5, 0.6) is 0 Å². The molecule has 1 atom stereocenters. The zero-order chi connectivity index (χ0) is 14.0. The molecule has 0 fully saturated rings. The highest BCUT2D eigenvalue weighted by Gasteiger charge is 2.09. The van der Waals surface area contributed by atoms with Crippen LogP contribution >= 0.6 is 0 Å². The molecule has 5 nitrogen and oxygen atoms in total. The molecule has 3 N–H and O–H groups in total. The van der Waals surface area contributed by atoms with E-state index < -0.39 is 0 Å². The molecule has 18 heavy (non-hydrogen) atoms. The molecule has 0 aliphatic rings. The summed E-state index contributed by atoms with van der Waals surface area (Å²) in [7, 11) is 10.6. The summed E-state index contributed by atoms with van der Waals surface area (Å²) in [6, 6.07) is 0.564. The summed E-state index contributed by atoms with van der Waals surface area (Å²) < 4.78 is 0. The van der Waals surface area contributed by atoms with Gasteiger partial charge in [0.05, 0.1) is 0 Å². The van der Waals surface area contributed by atoms with E-state index in [-0.39, 0.29) is 0 Å². The lowest BCUT2D eigenvalue weighted by molar-refractivity contribution is 0.279. The van der Waals surface area contributed by atoms with Gasteiger partial charge in [-0.2, -0.15) is 0 Å². The second-order valence-corrected chi connectivity index (χ2v) is 5.60. The van der Waals surface area contributed by atoms with Crippen molar-refractivity contribution < 1.29 is 0 Å². The Bertz CT molecular complexity index is 184. The van der Waals surface area contributed by atoms with Crippen LogP contribution in [0.25, 0.3) is 0 Å². The van der Waals surface area contributed by atoms with E-state index in [0.29, 0.717) is 6.04 Å². The van der Waals surface area contributed by atoms with Crippen molar-refractivity contribution >= 4 is 0 Å². The van der Waals surface area contributed by atoms with Gasteiger partial charge in [-0.3, -0.25) is 0 Å². The van der Waals surface area contributed by atoms with Crippen LogP contribution in [0.3, 0.4) is 0 Å². The highest BCUT2D eigenvalue weighted by Crippen LogP contribution is 1.96. The molecule has 0 rings (SSSR count). The molecule has 0 amide bonds. The first-order valence-electron chi connectivity index (χ1n) is 6.87. The van der Waals surface area contributed by atoms with Crippen molar-refractivity contribution in [2.45, 2.75) is 12.5 Å². The predicted molar refractivity (Wildman–Crippen MR) is 80.1 cm³/mol. The third-order valence-electron chi connectivity index (χ3n) is 2.95. The summed E-state index contributed by atoms with van der Waals surface area (Å²) in [6.07, 6.45) is 1.19. The molecule has 1 unspecified atom stereocenters. The number of rotatable bonds is 11. The average molecular weight is 259 g/mol. The Balaban J connectivity index is 3.85. The van der Waals surface area contributed by atoms with Gasteiger partial charge in [-0.1, -0.05) is 0 Å². The largest absolute Gasteiger partial charge is 0.329 e. The van der Waals surface area contributed by atoms with E-state index in [9.17, 15) is 0 Å². The van der Waals surface area contributed by atoms with Gasteiger partial charge in [-0.05, 0) is 48.2 Å². The molecular weight excluding hydrogens is 226 g/mol. The molecule has 0 aromatic carbocycles. The fourth-order valence-electron chi connectivity index (χ4n) is 1.90. The normalized spacial score (nSPS) is 13.8. The van der Waals surface area contributed by atoms with Crippen LogP contribution in [0.4, 0.5) is 0 Å². The van der Waals surface area contributed by atoms with Crippen LogP contribution in [-0.2, 0) is 0 Å². The first kappa shape index (κ1) is 17.8. The summed E-state index contributed by atoms with van der Waals surface area (Å²) in [6.45, 7) is 6.01. The quantitative estimate of drug-likeness (QED) is 0.516. The van der Waals surface area contributed by atoms with Crippen LogP contribution in [0.15, 0.2) is 0 Å². The van der Waals surface area contributed by atoms with E-state index in [4.69, 9.17) is 5.73 Å². The molecule has 110 valence electrons. The molecule has 0 saturated carbocycles. The van der Waals surface area contributed by atoms with Gasteiger partial charge in [0.15, 0.2) is 0 Å². The second-order valence-electron chi connectivity index (χ2n) is 5.60. The molecule has 0 saturated heterocycles. The molecule has 0 aromatic rings. The number of hydrogen-bond donors (Lipinski definition) is 2. The van der Waals surface area contributed by atoms with Crippen molar-refractivity contribution in [3.8, 4) is 0 Å². The van der Waals surface area contributed by atoms with Gasteiger partial charge in [0, 0.05) is 38.8 Å². The molecule has 0 aliphatic carbocycles. The summed E-state index contributed by atoms with van der Waals surface area (Å²) in [5.41, 5.74) is 5.53. The first-order valence-corrected chi connectivity index (χ1v) is 6.87. The van der Waals surface area contributed by atoms with Gasteiger partial charge in [0.1, 0.15) is 0 Å². The van der Waals surface area contributed by atoms with Crippen LogP contribution in [0.1, 0.15) is 6.42 Å². The van der Waals surface area contributed by atoms with Crippen molar-refractivity contribution in [3.63, 3.8) is 0 Å². The third-order valence-corrected chi connectivity index (χ3v) is 2.95. The third kappa shape index (κ3) is 10.9. The van der Waals surface area contributed by atoms with Crippen molar-refractivity contribution in [1.82, 2.24) is 20.0 Å². The maximum Gasteiger partial charge on any atom is 0.0207 e. The van der Waals surface area contributed by atoms with Crippen LogP contribution in [0, 0.1) is 0 Å². The van der Waals surface area contributed by atoms with E-state index >= 15 is 0 Å². The molecule has 0 bridgehead atoms. The van der Waals surface area contributed by atoms with Crippen LogP contribution < -0.4 is 11.1 Å². The smallest absolute Gasteiger partial charge is 0.0207 e. The summed E-state index contributed by atoms with van der Waals surface area (Å²) in [5.74, 6) is 0. The van der Waals surface area contributed by atoms with Crippen molar-refractivity contribution in [2.24, 2.45) is 5.73 Å². The molecule has 0 radical (unpaired) electrons. The number of nitrogens with one attached hydrogen (secondary N) is 1. The minimum atomic E-state index is 0.564. The van der Waals surface area contributed by atoms with Crippen LogP contribution in [0.2, 0.25) is 0 Å². The lowest BCUT2D eigenvalue weighted by atomic mass is 10.2. The van der Waals surface area contributed by atoms with Crippen molar-refractivity contribution in [3.05, 3.63) is 0 Å². The van der Waals surface area contributed by atoms with E-state index in [1.54, 1.807) is 0 Å². The van der Waals surface area contributed by atoms with Gasteiger partial charge in [-0.15, -0.1) is 0 Å². The molecule has 5 heteroatoms. The van der Waals surface area contributed by atoms with Crippen molar-refractivity contribution in [2.75, 3.05) is 74.5 Å².